The molecule has 10 nitrogen and oxygen atoms in total. The van der Waals surface area contributed by atoms with Gasteiger partial charge in [-0.1, -0.05) is 0 Å². The van der Waals surface area contributed by atoms with E-state index in [0.29, 0.717) is 5.17 Å². The summed E-state index contributed by atoms with van der Waals surface area (Å²) >= 11 is 0. The Morgan fingerprint density at radius 3 is 2.47 bits per heavy atom. The first-order chi connectivity index (χ1) is 7.95. The topological polar surface area (TPSA) is 134 Å². The molecule has 0 saturated heterocycles. The van der Waals surface area contributed by atoms with Gasteiger partial charge in [-0.2, -0.15) is 4.94 Å². The summed E-state index contributed by atoms with van der Waals surface area (Å²) in [5.41, 5.74) is -0.255. The minimum absolute atomic E-state index is 0.0187. The SMILES string of the molecule is COc1cc([N+](=O)[O-])ccc1N(N)O[N+](=O)[O-]. The second-order valence-electron chi connectivity index (χ2n) is 2.74. The number of benzene rings is 1. The van der Waals surface area contributed by atoms with Crippen molar-refractivity contribution in [1.29, 1.82) is 0 Å². The summed E-state index contributed by atoms with van der Waals surface area (Å²) in [7, 11) is 1.24. The lowest BCUT2D eigenvalue weighted by molar-refractivity contribution is -0.762. The number of rotatable bonds is 5. The lowest BCUT2D eigenvalue weighted by atomic mass is 10.2. The smallest absolute Gasteiger partial charge is 0.318 e. The van der Waals surface area contributed by atoms with E-state index in [2.05, 4.69) is 4.94 Å². The zero-order valence-corrected chi connectivity index (χ0v) is 8.60. The maximum Gasteiger partial charge on any atom is 0.318 e. The molecular weight excluding hydrogens is 236 g/mol. The molecule has 17 heavy (non-hydrogen) atoms. The van der Waals surface area contributed by atoms with Crippen LogP contribution in [0, 0.1) is 20.2 Å². The Balaban J connectivity index is 3.07. The highest BCUT2D eigenvalue weighted by atomic mass is 17.0. The number of nitro groups is 1. The number of hydrogen-bond acceptors (Lipinski definition) is 8. The maximum atomic E-state index is 10.5. The van der Waals surface area contributed by atoms with Gasteiger partial charge in [-0.15, -0.1) is 15.3 Å². The van der Waals surface area contributed by atoms with Gasteiger partial charge in [-0.25, -0.2) is 5.84 Å². The Kier molecular flexibility index (Phi) is 3.62. The number of nitrogens with two attached hydrogens (primary N) is 1. The van der Waals surface area contributed by atoms with Crippen molar-refractivity contribution < 1.29 is 19.7 Å². The Hall–Kier alpha value is -2.62. The first kappa shape index (κ1) is 12.4. The number of non-ortho nitro benzene ring substituents is 1. The van der Waals surface area contributed by atoms with Gasteiger partial charge in [0, 0.05) is 6.07 Å². The molecule has 0 aliphatic heterocycles. The van der Waals surface area contributed by atoms with Gasteiger partial charge in [-0.3, -0.25) is 10.1 Å². The van der Waals surface area contributed by atoms with Gasteiger partial charge in [0.15, 0.2) is 5.75 Å². The number of nitro benzene ring substituents is 1. The molecule has 0 atom stereocenters. The standard InChI is InChI=1S/C7H8N4O6/c1-16-7-4-5(10(12)13)2-3-6(7)9(8)17-11(14)15/h2-4H,8H2,1H3. The van der Waals surface area contributed by atoms with Crippen molar-refractivity contribution in [3.05, 3.63) is 38.4 Å². The molecule has 10 heteroatoms. The molecule has 0 fully saturated rings. The predicted molar refractivity (Wildman–Crippen MR) is 54.4 cm³/mol. The average molecular weight is 244 g/mol. The van der Waals surface area contributed by atoms with Crippen LogP contribution in [0.4, 0.5) is 11.4 Å². The van der Waals surface area contributed by atoms with Crippen LogP contribution in [0.15, 0.2) is 18.2 Å². The van der Waals surface area contributed by atoms with E-state index < -0.39 is 10.0 Å². The van der Waals surface area contributed by atoms with Gasteiger partial charge < -0.3 is 4.74 Å². The first-order valence-electron chi connectivity index (χ1n) is 4.15. The molecule has 0 amide bonds. The van der Waals surface area contributed by atoms with E-state index in [1.165, 1.54) is 13.2 Å². The third-order valence-electron chi connectivity index (χ3n) is 1.77. The Morgan fingerprint density at radius 1 is 1.35 bits per heavy atom. The predicted octanol–water partition coefficient (Wildman–Crippen LogP) is 0.407. The van der Waals surface area contributed by atoms with Crippen molar-refractivity contribution in [2.45, 2.75) is 0 Å². The van der Waals surface area contributed by atoms with Crippen LogP contribution in [0.1, 0.15) is 0 Å². The summed E-state index contributed by atoms with van der Waals surface area (Å²) in [5.74, 6) is 5.19. The van der Waals surface area contributed by atoms with Gasteiger partial charge in [0.25, 0.3) is 5.69 Å². The fraction of sp³-hybridized carbons (Fsp3) is 0.143. The van der Waals surface area contributed by atoms with Gasteiger partial charge >= 0.3 is 5.09 Å². The Morgan fingerprint density at radius 2 is 2.00 bits per heavy atom. The third kappa shape index (κ3) is 2.92. The molecule has 0 unspecified atom stereocenters. The molecular formula is C7H8N4O6. The fourth-order valence-electron chi connectivity index (χ4n) is 1.08. The molecule has 0 radical (unpaired) electrons. The monoisotopic (exact) mass is 244 g/mol. The van der Waals surface area contributed by atoms with Crippen LogP contribution < -0.4 is 15.8 Å². The molecule has 0 aliphatic carbocycles. The van der Waals surface area contributed by atoms with E-state index in [0.717, 1.165) is 12.1 Å². The van der Waals surface area contributed by atoms with Crippen molar-refractivity contribution in [2.75, 3.05) is 12.3 Å². The number of ether oxygens (including phenoxy) is 1. The van der Waals surface area contributed by atoms with Crippen LogP contribution >= 0.6 is 0 Å². The van der Waals surface area contributed by atoms with Crippen LogP contribution in [0.2, 0.25) is 0 Å². The molecule has 1 aromatic rings. The van der Waals surface area contributed by atoms with Gasteiger partial charge in [0.2, 0.25) is 0 Å². The van der Waals surface area contributed by atoms with Crippen LogP contribution in [0.3, 0.4) is 0 Å². The molecule has 0 aliphatic rings. The van der Waals surface area contributed by atoms with Crippen LogP contribution in [-0.4, -0.2) is 17.1 Å². The van der Waals surface area contributed by atoms with Crippen molar-refractivity contribution >= 4 is 11.4 Å². The van der Waals surface area contributed by atoms with E-state index in [4.69, 9.17) is 10.6 Å². The molecule has 0 heterocycles. The summed E-state index contributed by atoms with van der Waals surface area (Å²) in [6.45, 7) is 0. The summed E-state index contributed by atoms with van der Waals surface area (Å²) in [6.07, 6.45) is 0. The van der Waals surface area contributed by atoms with Crippen molar-refractivity contribution in [1.82, 2.24) is 0 Å². The second-order valence-corrected chi connectivity index (χ2v) is 2.74. The summed E-state index contributed by atoms with van der Waals surface area (Å²) in [5, 5.41) is 19.8. The normalized spacial score (nSPS) is 9.53. The minimum Gasteiger partial charge on any atom is -0.494 e. The van der Waals surface area contributed by atoms with Crippen LogP contribution in [-0.2, 0) is 4.94 Å². The summed E-state index contributed by atoms with van der Waals surface area (Å²) < 4.78 is 4.81. The molecule has 0 aromatic heterocycles. The molecule has 1 aromatic carbocycles. The average Bonchev–Trinajstić information content (AvgIpc) is 2.27. The quantitative estimate of drug-likeness (QED) is 0.447. The van der Waals surface area contributed by atoms with E-state index in [9.17, 15) is 20.2 Å². The highest BCUT2D eigenvalue weighted by molar-refractivity contribution is 5.60. The number of anilines is 1. The number of nitrogens with zero attached hydrogens (tertiary/aromatic N) is 3. The third-order valence-corrected chi connectivity index (χ3v) is 1.77. The van der Waals surface area contributed by atoms with E-state index in [1.807, 2.05) is 0 Å². The summed E-state index contributed by atoms with van der Waals surface area (Å²) in [6, 6.07) is 3.35. The molecule has 1 rings (SSSR count). The highest BCUT2D eigenvalue weighted by Gasteiger charge is 2.16. The van der Waals surface area contributed by atoms with Crippen LogP contribution in [0.25, 0.3) is 0 Å². The van der Waals surface area contributed by atoms with Gasteiger partial charge in [0.1, 0.15) is 5.69 Å². The Bertz CT molecular complexity index is 450. The molecule has 0 spiro atoms. The zero-order chi connectivity index (χ0) is 13.0. The van der Waals surface area contributed by atoms with Crippen molar-refractivity contribution in [3.63, 3.8) is 0 Å². The lowest BCUT2D eigenvalue weighted by Gasteiger charge is -2.16. The lowest BCUT2D eigenvalue weighted by Crippen LogP contribution is -2.33. The van der Waals surface area contributed by atoms with Crippen molar-refractivity contribution in [3.8, 4) is 5.75 Å². The molecule has 0 bridgehead atoms. The molecule has 0 saturated carbocycles. The van der Waals surface area contributed by atoms with Crippen LogP contribution in [0.5, 0.6) is 5.75 Å². The summed E-state index contributed by atoms with van der Waals surface area (Å²) in [4.78, 5) is 23.9. The Labute approximate surface area is 94.3 Å². The van der Waals surface area contributed by atoms with E-state index in [1.54, 1.807) is 0 Å². The zero-order valence-electron chi connectivity index (χ0n) is 8.60. The number of methoxy groups -OCH3 is 1. The van der Waals surface area contributed by atoms with Crippen molar-refractivity contribution in [2.24, 2.45) is 5.84 Å². The molecule has 2 N–H and O–H groups in total. The minimum atomic E-state index is -1.12. The second kappa shape index (κ2) is 4.94. The largest absolute Gasteiger partial charge is 0.494 e. The van der Waals surface area contributed by atoms with Gasteiger partial charge in [0.05, 0.1) is 18.1 Å². The molecule has 92 valence electrons. The number of hydrazine groups is 1. The van der Waals surface area contributed by atoms with Gasteiger partial charge in [-0.05, 0) is 6.07 Å². The maximum absolute atomic E-state index is 10.5. The van der Waals surface area contributed by atoms with E-state index >= 15 is 0 Å². The van der Waals surface area contributed by atoms with E-state index in [-0.39, 0.29) is 17.1 Å². The fourth-order valence-corrected chi connectivity index (χ4v) is 1.08. The number of hydrogen-bond donors (Lipinski definition) is 1. The highest BCUT2D eigenvalue weighted by Crippen LogP contribution is 2.30. The first-order valence-corrected chi connectivity index (χ1v) is 4.15.